The summed E-state index contributed by atoms with van der Waals surface area (Å²) in [4.78, 5) is 20.4. The molecule has 1 aromatic carbocycles. The highest BCUT2D eigenvalue weighted by Gasteiger charge is 2.05. The Labute approximate surface area is 128 Å². The molecule has 0 heterocycles. The Bertz CT molecular complexity index is 510. The molecule has 1 aromatic rings. The number of carboxylic acid groups (broad SMARTS) is 2. The molecule has 1 rings (SSSR count). The summed E-state index contributed by atoms with van der Waals surface area (Å²) in [6.45, 7) is -0.0835. The highest BCUT2D eigenvalue weighted by Crippen LogP contribution is 2.06. The molecular weight excluding hydrogens is 290 g/mol. The number of hydrogen-bond donors (Lipinski definition) is 3. The van der Waals surface area contributed by atoms with E-state index in [-0.39, 0.29) is 12.3 Å². The third kappa shape index (κ3) is 9.90. The Morgan fingerprint density at radius 1 is 1.18 bits per heavy atom. The second-order valence-electron chi connectivity index (χ2n) is 3.74. The molecule has 0 amide bonds. The summed E-state index contributed by atoms with van der Waals surface area (Å²) in [5, 5.41) is 19.2. The van der Waals surface area contributed by atoms with E-state index in [1.54, 1.807) is 0 Å². The minimum atomic E-state index is -1.06. The Morgan fingerprint density at radius 2 is 1.82 bits per heavy atom. The molecule has 0 bridgehead atoms. The standard InChI is InChI=1S/C10H10O3.C5H9NO3/c1-13-9(10(11)12)7-8-5-3-2-4-6-8;1-9-3-2-6-4-5(7)8/h2-7H,1H3,(H,11,12);2-3,6H,4H2,1H3,(H,7,8). The summed E-state index contributed by atoms with van der Waals surface area (Å²) in [6, 6.07) is 9.15. The van der Waals surface area contributed by atoms with E-state index in [0.717, 1.165) is 5.56 Å². The van der Waals surface area contributed by atoms with Crippen molar-refractivity contribution in [2.24, 2.45) is 0 Å². The molecule has 0 aromatic heterocycles. The van der Waals surface area contributed by atoms with E-state index in [1.165, 1.54) is 32.8 Å². The quantitative estimate of drug-likeness (QED) is 0.518. The third-order valence-electron chi connectivity index (χ3n) is 2.10. The Balaban J connectivity index is 0.000000433. The second-order valence-corrected chi connectivity index (χ2v) is 3.74. The zero-order valence-corrected chi connectivity index (χ0v) is 12.4. The Morgan fingerprint density at radius 3 is 2.27 bits per heavy atom. The highest BCUT2D eigenvalue weighted by molar-refractivity contribution is 5.89. The number of methoxy groups -OCH3 is 2. The molecule has 0 radical (unpaired) electrons. The van der Waals surface area contributed by atoms with Gasteiger partial charge in [-0.1, -0.05) is 30.3 Å². The molecule has 0 saturated heterocycles. The van der Waals surface area contributed by atoms with Gasteiger partial charge in [-0.25, -0.2) is 4.79 Å². The molecule has 0 aliphatic rings. The SMILES string of the molecule is COC(=Cc1ccccc1)C(=O)O.COC=CNCC(=O)O. The first-order chi connectivity index (χ1) is 10.5. The summed E-state index contributed by atoms with van der Waals surface area (Å²) < 4.78 is 9.16. The van der Waals surface area contributed by atoms with Gasteiger partial charge in [0.25, 0.3) is 0 Å². The van der Waals surface area contributed by atoms with Crippen LogP contribution in [-0.4, -0.2) is 42.9 Å². The maximum Gasteiger partial charge on any atom is 0.371 e. The number of ether oxygens (including phenoxy) is 2. The van der Waals surface area contributed by atoms with Gasteiger partial charge in [0.1, 0.15) is 6.54 Å². The van der Waals surface area contributed by atoms with Crippen LogP contribution < -0.4 is 5.32 Å². The van der Waals surface area contributed by atoms with E-state index < -0.39 is 11.9 Å². The lowest BCUT2D eigenvalue weighted by atomic mass is 10.2. The molecule has 0 saturated carbocycles. The fourth-order valence-corrected chi connectivity index (χ4v) is 1.17. The largest absolute Gasteiger partial charge is 0.503 e. The van der Waals surface area contributed by atoms with Gasteiger partial charge < -0.3 is 25.0 Å². The van der Waals surface area contributed by atoms with Gasteiger partial charge in [-0.05, 0) is 11.6 Å². The van der Waals surface area contributed by atoms with E-state index in [2.05, 4.69) is 14.8 Å². The van der Waals surface area contributed by atoms with Crippen molar-refractivity contribution < 1.29 is 29.3 Å². The average molecular weight is 309 g/mol. The van der Waals surface area contributed by atoms with Crippen LogP contribution in [0.2, 0.25) is 0 Å². The summed E-state index contributed by atoms with van der Waals surface area (Å²) in [5.41, 5.74) is 0.807. The second kappa shape index (κ2) is 11.8. The maximum absolute atomic E-state index is 10.5. The summed E-state index contributed by atoms with van der Waals surface area (Å²) in [6.07, 6.45) is 4.26. The predicted octanol–water partition coefficient (Wildman–Crippen LogP) is 1.54. The van der Waals surface area contributed by atoms with Gasteiger partial charge in [-0.15, -0.1) is 0 Å². The van der Waals surface area contributed by atoms with Crippen molar-refractivity contribution >= 4 is 18.0 Å². The first-order valence-electron chi connectivity index (χ1n) is 6.18. The van der Waals surface area contributed by atoms with Crippen LogP contribution in [0.5, 0.6) is 0 Å². The number of aliphatic carboxylic acids is 2. The van der Waals surface area contributed by atoms with Crippen LogP contribution >= 0.6 is 0 Å². The van der Waals surface area contributed by atoms with Gasteiger partial charge in [-0.3, -0.25) is 4.79 Å². The number of rotatable bonds is 7. The fraction of sp³-hybridized carbons (Fsp3) is 0.200. The highest BCUT2D eigenvalue weighted by atomic mass is 16.5. The van der Waals surface area contributed by atoms with Crippen LogP contribution in [0.25, 0.3) is 6.08 Å². The van der Waals surface area contributed by atoms with Crippen molar-refractivity contribution in [3.8, 4) is 0 Å². The van der Waals surface area contributed by atoms with Gasteiger partial charge in [0, 0.05) is 6.20 Å². The normalized spacial score (nSPS) is 10.4. The van der Waals surface area contributed by atoms with Crippen LogP contribution in [0.3, 0.4) is 0 Å². The number of carbonyl (C=O) groups is 2. The minimum absolute atomic E-state index is 0.0637. The van der Waals surface area contributed by atoms with Crippen LogP contribution in [0.15, 0.2) is 48.6 Å². The van der Waals surface area contributed by atoms with E-state index in [0.29, 0.717) is 0 Å². The lowest BCUT2D eigenvalue weighted by molar-refractivity contribution is -0.136. The van der Waals surface area contributed by atoms with Crippen LogP contribution in [0.1, 0.15) is 5.56 Å². The number of nitrogens with one attached hydrogen (secondary N) is 1. The molecule has 7 heteroatoms. The van der Waals surface area contributed by atoms with Gasteiger partial charge in [0.2, 0.25) is 5.76 Å². The zero-order chi connectivity index (χ0) is 16.8. The first kappa shape index (κ1) is 19.0. The molecule has 22 heavy (non-hydrogen) atoms. The van der Waals surface area contributed by atoms with Crippen molar-refractivity contribution in [1.29, 1.82) is 0 Å². The topological polar surface area (TPSA) is 105 Å². The molecule has 7 nitrogen and oxygen atoms in total. The smallest absolute Gasteiger partial charge is 0.371 e. The van der Waals surface area contributed by atoms with E-state index in [1.807, 2.05) is 30.3 Å². The number of hydrogen-bond acceptors (Lipinski definition) is 5. The number of carboxylic acids is 2. The van der Waals surface area contributed by atoms with E-state index >= 15 is 0 Å². The van der Waals surface area contributed by atoms with E-state index in [9.17, 15) is 9.59 Å². The average Bonchev–Trinajstić information content (AvgIpc) is 2.50. The van der Waals surface area contributed by atoms with Crippen LogP contribution in [-0.2, 0) is 19.1 Å². The Kier molecular flexibility index (Phi) is 10.2. The van der Waals surface area contributed by atoms with Crippen molar-refractivity contribution in [3.63, 3.8) is 0 Å². The molecule has 0 unspecified atom stereocenters. The van der Waals surface area contributed by atoms with Crippen LogP contribution in [0.4, 0.5) is 0 Å². The molecule has 0 aliphatic heterocycles. The van der Waals surface area contributed by atoms with Crippen molar-refractivity contribution in [1.82, 2.24) is 5.32 Å². The molecule has 3 N–H and O–H groups in total. The zero-order valence-electron chi connectivity index (χ0n) is 12.4. The van der Waals surface area contributed by atoms with Crippen molar-refractivity contribution in [2.75, 3.05) is 20.8 Å². The lowest BCUT2D eigenvalue weighted by Crippen LogP contribution is -2.16. The van der Waals surface area contributed by atoms with Crippen molar-refractivity contribution in [3.05, 3.63) is 54.1 Å². The summed E-state index contributed by atoms with van der Waals surface area (Å²) in [7, 11) is 2.82. The molecule has 0 atom stereocenters. The lowest BCUT2D eigenvalue weighted by Gasteiger charge is -1.99. The van der Waals surface area contributed by atoms with Crippen molar-refractivity contribution in [2.45, 2.75) is 0 Å². The third-order valence-corrected chi connectivity index (χ3v) is 2.10. The monoisotopic (exact) mass is 309 g/mol. The van der Waals surface area contributed by atoms with Gasteiger partial charge in [0.05, 0.1) is 20.5 Å². The molecule has 120 valence electrons. The van der Waals surface area contributed by atoms with E-state index in [4.69, 9.17) is 10.2 Å². The minimum Gasteiger partial charge on any atom is -0.503 e. The molecule has 0 fully saturated rings. The summed E-state index contributed by atoms with van der Waals surface area (Å²) >= 11 is 0. The maximum atomic E-state index is 10.5. The fourth-order valence-electron chi connectivity index (χ4n) is 1.17. The Hall–Kier alpha value is -2.96. The predicted molar refractivity (Wildman–Crippen MR) is 80.9 cm³/mol. The number of benzene rings is 1. The first-order valence-corrected chi connectivity index (χ1v) is 6.18. The summed E-state index contributed by atoms with van der Waals surface area (Å²) in [5.74, 6) is -2.02. The van der Waals surface area contributed by atoms with Crippen LogP contribution in [0, 0.1) is 0 Å². The van der Waals surface area contributed by atoms with Gasteiger partial charge in [0.15, 0.2) is 0 Å². The molecular formula is C15H19NO6. The molecule has 0 aliphatic carbocycles. The molecule has 0 spiro atoms. The van der Waals surface area contributed by atoms with Gasteiger partial charge in [-0.2, -0.15) is 0 Å². The van der Waals surface area contributed by atoms with Gasteiger partial charge >= 0.3 is 11.9 Å².